The number of pyridine rings is 1. The molecule has 0 spiro atoms. The first-order valence-corrected chi connectivity index (χ1v) is 14.3. The van der Waals surface area contributed by atoms with Crippen LogP contribution in [-0.4, -0.2) is 23.6 Å². The highest BCUT2D eigenvalue weighted by Gasteiger charge is 2.24. The Morgan fingerprint density at radius 3 is 2.32 bits per heavy atom. The fraction of sp³-hybridized carbons (Fsp3) is 0.500. The zero-order chi connectivity index (χ0) is 27.5. The number of unbranched alkanes of at least 4 members (excludes halogenated alkanes) is 4. The van der Waals surface area contributed by atoms with Crippen molar-refractivity contribution in [1.82, 2.24) is 4.57 Å². The van der Waals surface area contributed by atoms with Gasteiger partial charge in [-0.1, -0.05) is 90.1 Å². The lowest BCUT2D eigenvalue weighted by Gasteiger charge is -2.21. The molecule has 6 nitrogen and oxygen atoms in total. The number of nitrogens with two attached hydrogens (primary N) is 1. The minimum Gasteiger partial charge on any atom is -0.489 e. The van der Waals surface area contributed by atoms with Crippen LogP contribution >= 0.6 is 0 Å². The summed E-state index contributed by atoms with van der Waals surface area (Å²) in [6.07, 6.45) is 7.93. The summed E-state index contributed by atoms with van der Waals surface area (Å²) < 4.78 is 14.2. The van der Waals surface area contributed by atoms with Gasteiger partial charge in [-0.15, -0.1) is 0 Å². The van der Waals surface area contributed by atoms with Crippen LogP contribution in [0.5, 0.6) is 11.5 Å². The maximum Gasteiger partial charge on any atom is 0.297 e. The molecule has 0 fully saturated rings. The van der Waals surface area contributed by atoms with Gasteiger partial charge >= 0.3 is 0 Å². The Balaban J connectivity index is 2.21. The number of aryl methyl sites for hydroxylation is 1. The molecule has 2 N–H and O–H groups in total. The van der Waals surface area contributed by atoms with Crippen molar-refractivity contribution in [3.05, 3.63) is 63.9 Å². The average Bonchev–Trinajstić information content (AvgIpc) is 2.92. The predicted octanol–water partition coefficient (Wildman–Crippen LogP) is 7.39. The lowest BCUT2D eigenvalue weighted by atomic mass is 9.99. The number of ketones is 1. The monoisotopic (exact) mass is 520 g/mol. The van der Waals surface area contributed by atoms with E-state index < -0.39 is 0 Å². The highest BCUT2D eigenvalue weighted by atomic mass is 16.5. The van der Waals surface area contributed by atoms with E-state index in [0.717, 1.165) is 51.4 Å². The molecule has 206 valence electrons. The number of rotatable bonds is 16. The molecule has 0 radical (unpaired) electrons. The molecule has 2 aromatic carbocycles. The van der Waals surface area contributed by atoms with Gasteiger partial charge in [0.1, 0.15) is 0 Å². The highest BCUT2D eigenvalue weighted by molar-refractivity contribution is 6.12. The smallest absolute Gasteiger partial charge is 0.297 e. The minimum absolute atomic E-state index is 0.133. The maximum atomic E-state index is 14.0. The SMILES string of the molecule is CCCCCCn1c(=O)c(OCC(C)CCC)c(OCCCC)c2c(N)cc(C(=O)c3ccccc3)cc21. The van der Waals surface area contributed by atoms with Crippen LogP contribution in [0.3, 0.4) is 0 Å². The summed E-state index contributed by atoms with van der Waals surface area (Å²) in [5.41, 5.74) is 8.46. The third kappa shape index (κ3) is 7.18. The number of ether oxygens (including phenoxy) is 2. The first-order chi connectivity index (χ1) is 18.4. The number of nitrogens with zero attached hydrogens (tertiary/aromatic N) is 1. The van der Waals surface area contributed by atoms with Gasteiger partial charge in [-0.05, 0) is 37.3 Å². The molecule has 38 heavy (non-hydrogen) atoms. The number of fused-ring (bicyclic) bond motifs is 1. The number of anilines is 1. The molecule has 0 aliphatic carbocycles. The molecular formula is C32H44N2O4. The Kier molecular flexibility index (Phi) is 11.3. The van der Waals surface area contributed by atoms with E-state index in [1.54, 1.807) is 28.8 Å². The van der Waals surface area contributed by atoms with Gasteiger partial charge in [-0.25, -0.2) is 0 Å². The van der Waals surface area contributed by atoms with Gasteiger partial charge < -0.3 is 19.8 Å². The first-order valence-electron chi connectivity index (χ1n) is 14.3. The zero-order valence-electron chi connectivity index (χ0n) is 23.6. The number of carbonyl (C=O) groups is 1. The van der Waals surface area contributed by atoms with Gasteiger partial charge in [0, 0.05) is 23.4 Å². The van der Waals surface area contributed by atoms with Crippen molar-refractivity contribution in [3.8, 4) is 11.5 Å². The van der Waals surface area contributed by atoms with Gasteiger partial charge in [-0.2, -0.15) is 0 Å². The zero-order valence-corrected chi connectivity index (χ0v) is 23.6. The van der Waals surface area contributed by atoms with Crippen LogP contribution in [0, 0.1) is 5.92 Å². The Morgan fingerprint density at radius 1 is 0.895 bits per heavy atom. The second-order valence-corrected chi connectivity index (χ2v) is 10.2. The lowest BCUT2D eigenvalue weighted by molar-refractivity contribution is 0.103. The summed E-state index contributed by atoms with van der Waals surface area (Å²) in [7, 11) is 0. The summed E-state index contributed by atoms with van der Waals surface area (Å²) in [5.74, 6) is 0.787. The fourth-order valence-corrected chi connectivity index (χ4v) is 4.74. The molecule has 0 saturated carbocycles. The molecule has 0 saturated heterocycles. The van der Waals surface area contributed by atoms with Gasteiger partial charge in [0.15, 0.2) is 11.5 Å². The van der Waals surface area contributed by atoms with Crippen LogP contribution in [0.15, 0.2) is 47.3 Å². The van der Waals surface area contributed by atoms with E-state index in [2.05, 4.69) is 27.7 Å². The lowest BCUT2D eigenvalue weighted by Crippen LogP contribution is -2.26. The van der Waals surface area contributed by atoms with Crippen LogP contribution in [0.2, 0.25) is 0 Å². The van der Waals surface area contributed by atoms with Crippen molar-refractivity contribution in [2.75, 3.05) is 18.9 Å². The summed E-state index contributed by atoms with van der Waals surface area (Å²) in [6, 6.07) is 12.6. The molecular weight excluding hydrogens is 476 g/mol. The quantitative estimate of drug-likeness (QED) is 0.121. The normalized spacial score (nSPS) is 12.0. The molecule has 1 unspecified atom stereocenters. The van der Waals surface area contributed by atoms with Crippen LogP contribution < -0.4 is 20.8 Å². The summed E-state index contributed by atoms with van der Waals surface area (Å²) >= 11 is 0. The van der Waals surface area contributed by atoms with E-state index in [4.69, 9.17) is 15.2 Å². The van der Waals surface area contributed by atoms with E-state index in [-0.39, 0.29) is 17.1 Å². The van der Waals surface area contributed by atoms with Gasteiger partial charge in [0.25, 0.3) is 5.56 Å². The highest BCUT2D eigenvalue weighted by Crippen LogP contribution is 2.38. The third-order valence-corrected chi connectivity index (χ3v) is 6.88. The summed E-state index contributed by atoms with van der Waals surface area (Å²) in [6.45, 7) is 9.93. The predicted molar refractivity (Wildman–Crippen MR) is 157 cm³/mol. The molecule has 1 atom stereocenters. The Bertz CT molecular complexity index is 1250. The van der Waals surface area contributed by atoms with Crippen LogP contribution in [0.25, 0.3) is 10.9 Å². The number of nitrogen functional groups attached to an aromatic ring is 1. The minimum atomic E-state index is -0.229. The molecule has 0 aliphatic rings. The largest absolute Gasteiger partial charge is 0.489 e. The Labute approximate surface area is 227 Å². The van der Waals surface area contributed by atoms with E-state index >= 15 is 0 Å². The summed E-state index contributed by atoms with van der Waals surface area (Å²) in [4.78, 5) is 27.3. The van der Waals surface area contributed by atoms with Gasteiger partial charge in [-0.3, -0.25) is 9.59 Å². The molecule has 6 heteroatoms. The molecule has 1 heterocycles. The molecule has 3 rings (SSSR count). The number of benzene rings is 2. The third-order valence-electron chi connectivity index (χ3n) is 6.88. The molecule has 3 aromatic rings. The van der Waals surface area contributed by atoms with Crippen molar-refractivity contribution >= 4 is 22.4 Å². The van der Waals surface area contributed by atoms with Crippen molar-refractivity contribution < 1.29 is 14.3 Å². The van der Waals surface area contributed by atoms with Crippen LogP contribution in [0.1, 0.15) is 95.0 Å². The van der Waals surface area contributed by atoms with Gasteiger partial charge in [0.05, 0.1) is 24.1 Å². The van der Waals surface area contributed by atoms with E-state index in [9.17, 15) is 9.59 Å². The van der Waals surface area contributed by atoms with Crippen molar-refractivity contribution in [2.45, 2.75) is 85.6 Å². The second-order valence-electron chi connectivity index (χ2n) is 10.2. The summed E-state index contributed by atoms with van der Waals surface area (Å²) in [5, 5.41) is 0.638. The van der Waals surface area contributed by atoms with E-state index in [0.29, 0.717) is 59.1 Å². The molecule has 1 aromatic heterocycles. The van der Waals surface area contributed by atoms with E-state index in [1.807, 2.05) is 18.2 Å². The van der Waals surface area contributed by atoms with Crippen LogP contribution in [-0.2, 0) is 6.54 Å². The average molecular weight is 521 g/mol. The molecule has 0 amide bonds. The number of carbonyl (C=O) groups excluding carboxylic acids is 1. The Morgan fingerprint density at radius 2 is 1.63 bits per heavy atom. The first kappa shape index (κ1) is 29.3. The standard InChI is InChI=1S/C32H44N2O4/c1-5-8-10-14-18-34-27-21-25(29(35)24-16-12-11-13-17-24)20-26(33)28(27)30(37-19-9-6-2)31(32(34)36)38-22-23(4)15-7-3/h11-13,16-17,20-21,23H,5-10,14-15,18-19,22,33H2,1-4H3. The molecule has 0 bridgehead atoms. The fourth-order valence-electron chi connectivity index (χ4n) is 4.74. The Hall–Kier alpha value is -3.28. The molecule has 0 aliphatic heterocycles. The van der Waals surface area contributed by atoms with Crippen LogP contribution in [0.4, 0.5) is 5.69 Å². The van der Waals surface area contributed by atoms with Crippen molar-refractivity contribution in [1.29, 1.82) is 0 Å². The number of aromatic nitrogens is 1. The van der Waals surface area contributed by atoms with E-state index in [1.165, 1.54) is 0 Å². The maximum absolute atomic E-state index is 14.0. The van der Waals surface area contributed by atoms with Gasteiger partial charge in [0.2, 0.25) is 5.75 Å². The van der Waals surface area contributed by atoms with Crippen molar-refractivity contribution in [3.63, 3.8) is 0 Å². The van der Waals surface area contributed by atoms with Crippen molar-refractivity contribution in [2.24, 2.45) is 5.92 Å². The number of hydrogen-bond donors (Lipinski definition) is 1. The second kappa shape index (κ2) is 14.6. The topological polar surface area (TPSA) is 83.6 Å². The number of hydrogen-bond acceptors (Lipinski definition) is 5.